The number of unbranched alkanes of at least 4 members (excludes halogenated alkanes) is 31. The van der Waals surface area contributed by atoms with Crippen molar-refractivity contribution >= 4 is 17.9 Å². The normalized spacial score (nSPS) is 12.5. The van der Waals surface area contributed by atoms with Gasteiger partial charge in [0.2, 0.25) is 0 Å². The molecule has 0 amide bonds. The molecule has 0 rings (SSSR count). The smallest absolute Gasteiger partial charge is 0.306 e. The molecule has 0 spiro atoms. The van der Waals surface area contributed by atoms with Crippen LogP contribution < -0.4 is 0 Å². The fourth-order valence-electron chi connectivity index (χ4n) is 8.19. The second-order valence-electron chi connectivity index (χ2n) is 19.2. The summed E-state index contributed by atoms with van der Waals surface area (Å²) in [6, 6.07) is 0. The molecule has 0 bridgehead atoms. The molecule has 0 saturated carbocycles. The zero-order chi connectivity index (χ0) is 48.6. The Bertz CT molecular complexity index is 1210. The molecule has 0 aromatic heterocycles. The maximum Gasteiger partial charge on any atom is 0.306 e. The molecule has 6 nitrogen and oxygen atoms in total. The van der Waals surface area contributed by atoms with Gasteiger partial charge in [-0.1, -0.05) is 248 Å². The third-order valence-electron chi connectivity index (χ3n) is 12.5. The van der Waals surface area contributed by atoms with E-state index in [0.29, 0.717) is 19.3 Å². The summed E-state index contributed by atoms with van der Waals surface area (Å²) in [6.07, 6.45) is 69.3. The molecule has 6 heteroatoms. The van der Waals surface area contributed by atoms with Crippen molar-refractivity contribution in [2.24, 2.45) is 0 Å². The van der Waals surface area contributed by atoms with Gasteiger partial charge < -0.3 is 14.2 Å². The monoisotopic (exact) mass is 937 g/mol. The van der Waals surface area contributed by atoms with E-state index in [1.807, 2.05) is 0 Å². The van der Waals surface area contributed by atoms with E-state index in [-0.39, 0.29) is 31.1 Å². The van der Waals surface area contributed by atoms with Gasteiger partial charge in [-0.25, -0.2) is 0 Å². The molecule has 0 aromatic carbocycles. The zero-order valence-corrected chi connectivity index (χ0v) is 44.4. The third-order valence-corrected chi connectivity index (χ3v) is 12.5. The number of hydrogen-bond donors (Lipinski definition) is 0. The molecule has 1 unspecified atom stereocenters. The Labute approximate surface area is 415 Å². The van der Waals surface area contributed by atoms with Crippen molar-refractivity contribution in [3.8, 4) is 0 Å². The first kappa shape index (κ1) is 64.1. The van der Waals surface area contributed by atoms with Crippen molar-refractivity contribution in [3.05, 3.63) is 60.8 Å². The van der Waals surface area contributed by atoms with Gasteiger partial charge in [-0.2, -0.15) is 0 Å². The molecule has 0 radical (unpaired) electrons. The lowest BCUT2D eigenvalue weighted by Gasteiger charge is -2.18. The lowest BCUT2D eigenvalue weighted by atomic mass is 10.0. The first-order chi connectivity index (χ1) is 33.0. The molecule has 0 aliphatic carbocycles. The zero-order valence-electron chi connectivity index (χ0n) is 44.4. The standard InChI is InChI=1S/C61H108O6/c1-4-7-10-13-16-19-22-24-25-26-27-28-29-30-31-32-33-34-35-37-39-42-45-48-51-54-60(63)66-57-58(56-65-59(62)53-50-47-44-41-38-21-18-15-12-9-6-3)67-61(64)55-52-49-46-43-40-36-23-20-17-14-11-8-5-2/h7,10,16,19-20,23-25,27-28,58H,4-6,8-9,11-15,17-18,21-22,26,29-57H2,1-3H3/b10-7-,19-16-,23-20-,25-24-,28-27-. The predicted octanol–water partition coefficient (Wildman–Crippen LogP) is 19.2. The Hall–Kier alpha value is -2.89. The predicted molar refractivity (Wildman–Crippen MR) is 288 cm³/mol. The molecule has 388 valence electrons. The molecule has 1 atom stereocenters. The van der Waals surface area contributed by atoms with Crippen molar-refractivity contribution in [2.75, 3.05) is 13.2 Å². The Morgan fingerprint density at radius 1 is 0.313 bits per heavy atom. The Balaban J connectivity index is 4.22. The third kappa shape index (κ3) is 53.9. The second kappa shape index (κ2) is 55.7. The van der Waals surface area contributed by atoms with E-state index >= 15 is 0 Å². The topological polar surface area (TPSA) is 78.9 Å². The first-order valence-electron chi connectivity index (χ1n) is 28.8. The molecule has 0 aromatic rings. The van der Waals surface area contributed by atoms with E-state index < -0.39 is 6.10 Å². The summed E-state index contributed by atoms with van der Waals surface area (Å²) >= 11 is 0. The SMILES string of the molecule is CC/C=C\C/C=C\C/C=C\C/C=C\CCCCCCCCCCCCCCC(=O)OCC(COC(=O)CCCCCCCCCCCCC)OC(=O)CCCCCCC/C=C\CCCCCC. The van der Waals surface area contributed by atoms with Crippen LogP contribution >= 0.6 is 0 Å². The van der Waals surface area contributed by atoms with E-state index in [4.69, 9.17) is 14.2 Å². The lowest BCUT2D eigenvalue weighted by molar-refractivity contribution is -0.167. The summed E-state index contributed by atoms with van der Waals surface area (Å²) in [7, 11) is 0. The van der Waals surface area contributed by atoms with E-state index in [0.717, 1.165) is 96.3 Å². The van der Waals surface area contributed by atoms with Crippen LogP contribution in [0.25, 0.3) is 0 Å². The maximum absolute atomic E-state index is 12.8. The number of carbonyl (C=O) groups is 3. The van der Waals surface area contributed by atoms with E-state index in [9.17, 15) is 14.4 Å². The van der Waals surface area contributed by atoms with Crippen LogP contribution in [0.3, 0.4) is 0 Å². The fraction of sp³-hybridized carbons (Fsp3) is 0.787. The van der Waals surface area contributed by atoms with Crippen molar-refractivity contribution in [3.63, 3.8) is 0 Å². The van der Waals surface area contributed by atoms with Crippen LogP contribution in [0.4, 0.5) is 0 Å². The highest BCUT2D eigenvalue weighted by Gasteiger charge is 2.19. The molecule has 0 heterocycles. The minimum absolute atomic E-state index is 0.0747. The number of ether oxygens (including phenoxy) is 3. The van der Waals surface area contributed by atoms with Gasteiger partial charge in [-0.05, 0) is 83.5 Å². The van der Waals surface area contributed by atoms with Crippen LogP contribution in [-0.4, -0.2) is 37.2 Å². The maximum atomic E-state index is 12.8. The van der Waals surface area contributed by atoms with Gasteiger partial charge in [-0.3, -0.25) is 14.4 Å². The van der Waals surface area contributed by atoms with E-state index in [1.54, 1.807) is 0 Å². The first-order valence-corrected chi connectivity index (χ1v) is 28.8. The van der Waals surface area contributed by atoms with Gasteiger partial charge in [-0.15, -0.1) is 0 Å². The van der Waals surface area contributed by atoms with E-state index in [2.05, 4.69) is 81.5 Å². The number of esters is 3. The summed E-state index contributed by atoms with van der Waals surface area (Å²) in [5, 5.41) is 0. The van der Waals surface area contributed by atoms with Crippen LogP contribution in [0.2, 0.25) is 0 Å². The molecule has 0 fully saturated rings. The van der Waals surface area contributed by atoms with Crippen molar-refractivity contribution in [1.29, 1.82) is 0 Å². The molecule has 0 saturated heterocycles. The number of rotatable bonds is 52. The quantitative estimate of drug-likeness (QED) is 0.0262. The van der Waals surface area contributed by atoms with Crippen LogP contribution in [0.15, 0.2) is 60.8 Å². The second-order valence-corrected chi connectivity index (χ2v) is 19.2. The number of hydrogen-bond acceptors (Lipinski definition) is 6. The van der Waals surface area contributed by atoms with Crippen LogP contribution in [-0.2, 0) is 28.6 Å². The average Bonchev–Trinajstić information content (AvgIpc) is 3.33. The van der Waals surface area contributed by atoms with Gasteiger partial charge in [0.15, 0.2) is 6.10 Å². The molecular weight excluding hydrogens is 829 g/mol. The fourth-order valence-corrected chi connectivity index (χ4v) is 8.19. The van der Waals surface area contributed by atoms with Gasteiger partial charge in [0.1, 0.15) is 13.2 Å². The largest absolute Gasteiger partial charge is 0.462 e. The molecule has 67 heavy (non-hydrogen) atoms. The average molecular weight is 938 g/mol. The molecule has 0 N–H and O–H groups in total. The molecule has 0 aliphatic heterocycles. The van der Waals surface area contributed by atoms with Crippen molar-refractivity contribution < 1.29 is 28.6 Å². The minimum Gasteiger partial charge on any atom is -0.462 e. The summed E-state index contributed by atoms with van der Waals surface area (Å²) in [5.41, 5.74) is 0. The Kier molecular flexibility index (Phi) is 53.3. The molecular formula is C61H108O6. The number of carbonyl (C=O) groups excluding carboxylic acids is 3. The highest BCUT2D eigenvalue weighted by Crippen LogP contribution is 2.16. The minimum atomic E-state index is -0.775. The van der Waals surface area contributed by atoms with Crippen LogP contribution in [0, 0.1) is 0 Å². The van der Waals surface area contributed by atoms with E-state index in [1.165, 1.54) is 154 Å². The molecule has 0 aliphatic rings. The van der Waals surface area contributed by atoms with Crippen LogP contribution in [0.5, 0.6) is 0 Å². The summed E-state index contributed by atoms with van der Waals surface area (Å²) in [4.78, 5) is 38.0. The van der Waals surface area contributed by atoms with Gasteiger partial charge in [0, 0.05) is 19.3 Å². The Morgan fingerprint density at radius 2 is 0.582 bits per heavy atom. The van der Waals surface area contributed by atoms with Gasteiger partial charge in [0.25, 0.3) is 0 Å². The van der Waals surface area contributed by atoms with Gasteiger partial charge in [0.05, 0.1) is 0 Å². The summed E-state index contributed by atoms with van der Waals surface area (Å²) < 4.78 is 16.8. The van der Waals surface area contributed by atoms with Crippen molar-refractivity contribution in [2.45, 2.75) is 297 Å². The number of allylic oxidation sites excluding steroid dienone is 10. The summed E-state index contributed by atoms with van der Waals surface area (Å²) in [5.74, 6) is -0.876. The lowest BCUT2D eigenvalue weighted by Crippen LogP contribution is -2.30. The van der Waals surface area contributed by atoms with Crippen LogP contribution in [0.1, 0.15) is 290 Å². The highest BCUT2D eigenvalue weighted by molar-refractivity contribution is 5.71. The Morgan fingerprint density at radius 3 is 0.940 bits per heavy atom. The summed E-state index contributed by atoms with van der Waals surface area (Å²) in [6.45, 7) is 6.52. The van der Waals surface area contributed by atoms with Gasteiger partial charge >= 0.3 is 17.9 Å². The highest BCUT2D eigenvalue weighted by atomic mass is 16.6. The van der Waals surface area contributed by atoms with Crippen molar-refractivity contribution in [1.82, 2.24) is 0 Å².